The van der Waals surface area contributed by atoms with Gasteiger partial charge in [0.05, 0.1) is 12.0 Å². The summed E-state index contributed by atoms with van der Waals surface area (Å²) in [5, 5.41) is 16.5. The van der Waals surface area contributed by atoms with Crippen molar-refractivity contribution in [1.82, 2.24) is 5.32 Å². The Hall–Kier alpha value is -0.870. The van der Waals surface area contributed by atoms with E-state index in [0.717, 1.165) is 24.8 Å². The average molecular weight is 225 g/mol. The molecule has 0 spiro atoms. The second-order valence-corrected chi connectivity index (χ2v) is 4.94. The summed E-state index contributed by atoms with van der Waals surface area (Å²) in [5.74, 6) is -0.00581. The van der Waals surface area contributed by atoms with Gasteiger partial charge >= 0.3 is 0 Å². The lowest BCUT2D eigenvalue weighted by molar-refractivity contribution is -0.122. The second kappa shape index (κ2) is 4.33. The number of nitrogens with one attached hydrogen (secondary N) is 1. The third kappa shape index (κ3) is 2.79. The van der Waals surface area contributed by atoms with Crippen LogP contribution in [0.4, 0.5) is 0 Å². The highest BCUT2D eigenvalue weighted by Gasteiger charge is 2.34. The summed E-state index contributed by atoms with van der Waals surface area (Å²) in [5.41, 5.74) is 0.419. The monoisotopic (exact) mass is 225 g/mol. The van der Waals surface area contributed by atoms with E-state index in [-0.39, 0.29) is 5.91 Å². The van der Waals surface area contributed by atoms with Crippen molar-refractivity contribution >= 4 is 17.2 Å². The van der Waals surface area contributed by atoms with E-state index in [9.17, 15) is 9.90 Å². The van der Waals surface area contributed by atoms with Crippen molar-refractivity contribution in [3.63, 3.8) is 0 Å². The quantitative estimate of drug-likeness (QED) is 0.812. The number of rotatable bonds is 4. The average Bonchev–Trinajstić information content (AvgIpc) is 2.64. The van der Waals surface area contributed by atoms with Gasteiger partial charge in [-0.15, -0.1) is 0 Å². The molecular weight excluding hydrogens is 210 g/mol. The molecule has 0 bridgehead atoms. The number of thiophene rings is 1. The Morgan fingerprint density at radius 1 is 1.60 bits per heavy atom. The van der Waals surface area contributed by atoms with E-state index in [1.807, 2.05) is 16.8 Å². The number of amides is 1. The molecule has 0 saturated heterocycles. The summed E-state index contributed by atoms with van der Waals surface area (Å²) in [6.07, 6.45) is 3.11. The fraction of sp³-hybridized carbons (Fsp3) is 0.545. The fourth-order valence-electron chi connectivity index (χ4n) is 1.67. The van der Waals surface area contributed by atoms with Gasteiger partial charge in [-0.3, -0.25) is 4.79 Å². The first-order valence-corrected chi connectivity index (χ1v) is 6.12. The smallest absolute Gasteiger partial charge is 0.224 e. The van der Waals surface area contributed by atoms with Gasteiger partial charge in [-0.25, -0.2) is 0 Å². The Bertz CT molecular complexity index is 330. The van der Waals surface area contributed by atoms with E-state index in [0.29, 0.717) is 13.0 Å². The van der Waals surface area contributed by atoms with Gasteiger partial charge < -0.3 is 10.4 Å². The molecule has 1 aromatic rings. The van der Waals surface area contributed by atoms with Crippen molar-refractivity contribution in [3.05, 3.63) is 22.4 Å². The van der Waals surface area contributed by atoms with Crippen LogP contribution in [0.3, 0.4) is 0 Å². The molecule has 0 aromatic carbocycles. The Morgan fingerprint density at radius 2 is 2.40 bits per heavy atom. The van der Waals surface area contributed by atoms with Crippen LogP contribution in [0.15, 0.2) is 16.8 Å². The number of hydrogen-bond donors (Lipinski definition) is 2. The van der Waals surface area contributed by atoms with Gasteiger partial charge in [-0.2, -0.15) is 11.3 Å². The first-order valence-electron chi connectivity index (χ1n) is 5.18. The number of carbonyl (C=O) groups is 1. The first kappa shape index (κ1) is 10.6. The molecule has 0 aliphatic heterocycles. The Balaban J connectivity index is 1.73. The van der Waals surface area contributed by atoms with Crippen LogP contribution in [-0.4, -0.2) is 23.2 Å². The van der Waals surface area contributed by atoms with Gasteiger partial charge in [0.2, 0.25) is 5.91 Å². The van der Waals surface area contributed by atoms with Crippen LogP contribution in [0.25, 0.3) is 0 Å². The summed E-state index contributed by atoms with van der Waals surface area (Å²) in [6, 6.07) is 1.95. The summed E-state index contributed by atoms with van der Waals surface area (Å²) < 4.78 is 0. The van der Waals surface area contributed by atoms with E-state index in [1.54, 1.807) is 11.3 Å². The largest absolute Gasteiger partial charge is 0.388 e. The van der Waals surface area contributed by atoms with Crippen LogP contribution in [0, 0.1) is 0 Å². The highest BCUT2D eigenvalue weighted by Crippen LogP contribution is 2.30. The number of carbonyl (C=O) groups excluding carboxylic acids is 1. The van der Waals surface area contributed by atoms with Crippen molar-refractivity contribution in [2.24, 2.45) is 0 Å². The van der Waals surface area contributed by atoms with E-state index in [2.05, 4.69) is 5.32 Å². The third-order valence-electron chi connectivity index (χ3n) is 2.84. The van der Waals surface area contributed by atoms with Crippen LogP contribution < -0.4 is 5.32 Å². The zero-order valence-corrected chi connectivity index (χ0v) is 9.35. The number of hydrogen-bond acceptors (Lipinski definition) is 3. The van der Waals surface area contributed by atoms with Crippen LogP contribution >= 0.6 is 11.3 Å². The molecule has 0 radical (unpaired) electrons. The summed E-state index contributed by atoms with van der Waals surface area (Å²) in [4.78, 5) is 11.5. The lowest BCUT2D eigenvalue weighted by Gasteiger charge is -2.36. The second-order valence-electron chi connectivity index (χ2n) is 4.16. The highest BCUT2D eigenvalue weighted by molar-refractivity contribution is 7.07. The van der Waals surface area contributed by atoms with Gasteiger partial charge in [0.15, 0.2) is 0 Å². The molecule has 0 unspecified atom stereocenters. The Morgan fingerprint density at radius 3 is 2.93 bits per heavy atom. The minimum absolute atomic E-state index is 0.00581. The topological polar surface area (TPSA) is 49.3 Å². The number of aliphatic hydroxyl groups is 1. The molecule has 15 heavy (non-hydrogen) atoms. The Kier molecular flexibility index (Phi) is 3.07. The van der Waals surface area contributed by atoms with Crippen molar-refractivity contribution in [1.29, 1.82) is 0 Å². The van der Waals surface area contributed by atoms with Crippen molar-refractivity contribution in [2.75, 3.05) is 6.54 Å². The van der Waals surface area contributed by atoms with E-state index in [4.69, 9.17) is 0 Å². The lowest BCUT2D eigenvalue weighted by Crippen LogP contribution is -2.48. The maximum atomic E-state index is 11.5. The van der Waals surface area contributed by atoms with Gasteiger partial charge in [0.1, 0.15) is 0 Å². The molecule has 0 atom stereocenters. The maximum absolute atomic E-state index is 11.5. The third-order valence-corrected chi connectivity index (χ3v) is 3.58. The van der Waals surface area contributed by atoms with E-state index >= 15 is 0 Å². The van der Waals surface area contributed by atoms with Crippen LogP contribution in [0.5, 0.6) is 0 Å². The summed E-state index contributed by atoms with van der Waals surface area (Å²) in [6.45, 7) is 0.399. The normalized spacial score (nSPS) is 18.2. The molecule has 1 fully saturated rings. The van der Waals surface area contributed by atoms with Crippen LogP contribution in [-0.2, 0) is 11.2 Å². The molecule has 1 saturated carbocycles. The fourth-order valence-corrected chi connectivity index (χ4v) is 2.33. The SMILES string of the molecule is O=C(Cc1ccsc1)NCC1(O)CCC1. The first-order chi connectivity index (χ1) is 7.18. The molecule has 4 heteroatoms. The molecule has 3 nitrogen and oxygen atoms in total. The summed E-state index contributed by atoms with van der Waals surface area (Å²) >= 11 is 1.59. The maximum Gasteiger partial charge on any atom is 0.224 e. The van der Waals surface area contributed by atoms with Crippen LogP contribution in [0.2, 0.25) is 0 Å². The van der Waals surface area contributed by atoms with Crippen LogP contribution in [0.1, 0.15) is 24.8 Å². The van der Waals surface area contributed by atoms with E-state index in [1.165, 1.54) is 0 Å². The minimum Gasteiger partial charge on any atom is -0.388 e. The Labute approximate surface area is 93.1 Å². The molecule has 2 rings (SSSR count). The molecule has 1 aliphatic carbocycles. The zero-order chi connectivity index (χ0) is 10.7. The van der Waals surface area contributed by atoms with Crippen molar-refractivity contribution in [2.45, 2.75) is 31.3 Å². The molecule has 1 heterocycles. The van der Waals surface area contributed by atoms with Gasteiger partial charge in [0.25, 0.3) is 0 Å². The highest BCUT2D eigenvalue weighted by atomic mass is 32.1. The predicted molar refractivity (Wildman–Crippen MR) is 59.8 cm³/mol. The molecular formula is C11H15NO2S. The molecule has 1 amide bonds. The van der Waals surface area contributed by atoms with Gasteiger partial charge in [-0.1, -0.05) is 0 Å². The van der Waals surface area contributed by atoms with Crippen molar-refractivity contribution in [3.8, 4) is 0 Å². The standard InChI is InChI=1S/C11H15NO2S/c13-10(6-9-2-5-15-7-9)12-8-11(14)3-1-4-11/h2,5,7,14H,1,3-4,6,8H2,(H,12,13). The molecule has 1 aliphatic rings. The lowest BCUT2D eigenvalue weighted by atomic mass is 9.80. The zero-order valence-electron chi connectivity index (χ0n) is 8.53. The molecule has 2 N–H and O–H groups in total. The van der Waals surface area contributed by atoms with Crippen molar-refractivity contribution < 1.29 is 9.90 Å². The summed E-state index contributed by atoms with van der Waals surface area (Å²) in [7, 11) is 0. The molecule has 1 aromatic heterocycles. The van der Waals surface area contributed by atoms with Gasteiger partial charge in [-0.05, 0) is 41.7 Å². The van der Waals surface area contributed by atoms with Gasteiger partial charge in [0, 0.05) is 6.54 Å². The molecule has 82 valence electrons. The predicted octanol–water partition coefficient (Wildman–Crippen LogP) is 1.32. The van der Waals surface area contributed by atoms with E-state index < -0.39 is 5.60 Å². The minimum atomic E-state index is -0.621.